The molecular weight excluding hydrogens is 144 g/mol. The van der Waals surface area contributed by atoms with Gasteiger partial charge in [0.15, 0.2) is 0 Å². The van der Waals surface area contributed by atoms with Crippen molar-refractivity contribution in [1.29, 1.82) is 0 Å². The molecule has 2 nitrogen and oxygen atoms in total. The van der Waals surface area contributed by atoms with E-state index in [0.29, 0.717) is 6.61 Å². The first-order chi connectivity index (χ1) is 3.77. The molecule has 0 aliphatic heterocycles. The van der Waals surface area contributed by atoms with Crippen LogP contribution in [0.25, 0.3) is 0 Å². The maximum atomic E-state index is 10.1. The summed E-state index contributed by atoms with van der Waals surface area (Å²) in [6.07, 6.45) is 2.05. The van der Waals surface area contributed by atoms with Crippen molar-refractivity contribution in [1.82, 2.24) is 0 Å². The molecule has 0 aromatic rings. The van der Waals surface area contributed by atoms with Crippen molar-refractivity contribution in [3.8, 4) is 0 Å². The first kappa shape index (κ1) is 12.4. The van der Waals surface area contributed by atoms with E-state index in [4.69, 9.17) is 0 Å². The van der Waals surface area contributed by atoms with Gasteiger partial charge in [-0.1, -0.05) is 13.3 Å². The standard InChI is InChI=1S/C6H12O2.Ca.2H/c1-3-4-5-8-6(2)7;;;/h3-5H2,1-2H3;;;/q;+2;2*-1. The fraction of sp³-hybridized carbons (Fsp3) is 0.833. The number of carbonyl (C=O) groups excluding carboxylic acids is 1. The van der Waals surface area contributed by atoms with Crippen LogP contribution in [0.2, 0.25) is 0 Å². The molecule has 0 amide bonds. The van der Waals surface area contributed by atoms with E-state index in [9.17, 15) is 4.79 Å². The third kappa shape index (κ3) is 12.0. The number of unbranched alkanes of at least 4 members (excludes halogenated alkanes) is 1. The molecule has 0 aliphatic carbocycles. The molecular formula is C6H14CaO2. The smallest absolute Gasteiger partial charge is 1.00 e. The molecule has 0 heterocycles. The first-order valence-electron chi connectivity index (χ1n) is 2.90. The van der Waals surface area contributed by atoms with Crippen molar-refractivity contribution >= 4 is 43.7 Å². The molecule has 0 radical (unpaired) electrons. The van der Waals surface area contributed by atoms with Crippen LogP contribution in [0.15, 0.2) is 0 Å². The Balaban J connectivity index is -0.0000000817. The Bertz CT molecular complexity index is 81.0. The minimum atomic E-state index is -0.182. The summed E-state index contributed by atoms with van der Waals surface area (Å²) in [4.78, 5) is 10.1. The van der Waals surface area contributed by atoms with Gasteiger partial charge in [0.1, 0.15) is 0 Å². The molecule has 0 fully saturated rings. The average Bonchev–Trinajstić information content (AvgIpc) is 1.66. The predicted octanol–water partition coefficient (Wildman–Crippen LogP) is 1.19. The quantitative estimate of drug-likeness (QED) is 0.350. The average molecular weight is 158 g/mol. The third-order valence-corrected chi connectivity index (χ3v) is 0.803. The molecule has 0 aliphatic rings. The number of esters is 1. The molecule has 3 heteroatoms. The normalized spacial score (nSPS) is 7.78. The molecule has 0 spiro atoms. The monoisotopic (exact) mass is 158 g/mol. The Morgan fingerprint density at radius 3 is 2.56 bits per heavy atom. The fourth-order valence-electron chi connectivity index (χ4n) is 0.360. The zero-order valence-corrected chi connectivity index (χ0v) is 8.35. The van der Waals surface area contributed by atoms with Gasteiger partial charge in [0.2, 0.25) is 0 Å². The Morgan fingerprint density at radius 1 is 1.67 bits per heavy atom. The second-order valence-electron chi connectivity index (χ2n) is 1.69. The molecule has 0 aromatic carbocycles. The summed E-state index contributed by atoms with van der Waals surface area (Å²) in [5, 5.41) is 0. The summed E-state index contributed by atoms with van der Waals surface area (Å²) in [5.74, 6) is -0.182. The van der Waals surface area contributed by atoms with Gasteiger partial charge in [-0.05, 0) is 6.42 Å². The van der Waals surface area contributed by atoms with Crippen LogP contribution in [0.1, 0.15) is 29.5 Å². The minimum Gasteiger partial charge on any atom is -1.00 e. The summed E-state index contributed by atoms with van der Waals surface area (Å²) in [6, 6.07) is 0. The van der Waals surface area contributed by atoms with Crippen molar-refractivity contribution in [2.75, 3.05) is 6.61 Å². The molecule has 52 valence electrons. The molecule has 0 unspecified atom stereocenters. The van der Waals surface area contributed by atoms with Crippen LogP contribution in [0.4, 0.5) is 0 Å². The van der Waals surface area contributed by atoms with E-state index in [2.05, 4.69) is 11.7 Å². The molecule has 0 saturated carbocycles. The third-order valence-electron chi connectivity index (χ3n) is 0.803. The second-order valence-corrected chi connectivity index (χ2v) is 1.69. The zero-order chi connectivity index (χ0) is 6.41. The minimum absolute atomic E-state index is 0. The van der Waals surface area contributed by atoms with Crippen LogP contribution in [-0.2, 0) is 9.53 Å². The number of ether oxygens (including phenoxy) is 1. The fourth-order valence-corrected chi connectivity index (χ4v) is 0.360. The van der Waals surface area contributed by atoms with Crippen molar-refractivity contribution in [2.24, 2.45) is 0 Å². The number of hydrogen-bond acceptors (Lipinski definition) is 2. The van der Waals surface area contributed by atoms with Crippen molar-refractivity contribution in [3.05, 3.63) is 0 Å². The van der Waals surface area contributed by atoms with Gasteiger partial charge in [0.25, 0.3) is 0 Å². The molecule has 0 bridgehead atoms. The van der Waals surface area contributed by atoms with E-state index >= 15 is 0 Å². The summed E-state index contributed by atoms with van der Waals surface area (Å²) in [7, 11) is 0. The second kappa shape index (κ2) is 8.73. The summed E-state index contributed by atoms with van der Waals surface area (Å²) in [5.41, 5.74) is 0. The van der Waals surface area contributed by atoms with Crippen molar-refractivity contribution in [3.63, 3.8) is 0 Å². The number of carbonyl (C=O) groups is 1. The topological polar surface area (TPSA) is 26.3 Å². The maximum Gasteiger partial charge on any atom is 2.00 e. The van der Waals surface area contributed by atoms with Crippen LogP contribution in [0.5, 0.6) is 0 Å². The Hall–Kier alpha value is 0.730. The zero-order valence-electron chi connectivity index (χ0n) is 8.14. The van der Waals surface area contributed by atoms with Crippen LogP contribution >= 0.6 is 0 Å². The van der Waals surface area contributed by atoms with Crippen LogP contribution in [-0.4, -0.2) is 50.3 Å². The summed E-state index contributed by atoms with van der Waals surface area (Å²) >= 11 is 0. The molecule has 0 saturated heterocycles. The van der Waals surface area contributed by atoms with E-state index in [1.807, 2.05) is 0 Å². The van der Waals surface area contributed by atoms with Gasteiger partial charge in [-0.15, -0.1) is 0 Å². The van der Waals surface area contributed by atoms with Gasteiger partial charge in [-0.3, -0.25) is 4.79 Å². The van der Waals surface area contributed by atoms with Gasteiger partial charge in [0, 0.05) is 6.92 Å². The van der Waals surface area contributed by atoms with Crippen molar-refractivity contribution < 1.29 is 12.4 Å². The van der Waals surface area contributed by atoms with Crippen LogP contribution in [0, 0.1) is 0 Å². The van der Waals surface area contributed by atoms with Gasteiger partial charge < -0.3 is 7.59 Å². The maximum absolute atomic E-state index is 10.1. The van der Waals surface area contributed by atoms with Gasteiger partial charge in [0.05, 0.1) is 6.61 Å². The summed E-state index contributed by atoms with van der Waals surface area (Å²) < 4.78 is 4.64. The summed E-state index contributed by atoms with van der Waals surface area (Å²) in [6.45, 7) is 4.06. The van der Waals surface area contributed by atoms with Gasteiger partial charge in [-0.2, -0.15) is 0 Å². The van der Waals surface area contributed by atoms with Gasteiger partial charge >= 0.3 is 43.7 Å². The Morgan fingerprint density at radius 2 is 2.22 bits per heavy atom. The first-order valence-corrected chi connectivity index (χ1v) is 2.90. The van der Waals surface area contributed by atoms with Crippen LogP contribution in [0.3, 0.4) is 0 Å². The van der Waals surface area contributed by atoms with E-state index < -0.39 is 0 Å². The van der Waals surface area contributed by atoms with E-state index in [1.54, 1.807) is 0 Å². The molecule has 0 rings (SSSR count). The molecule has 9 heavy (non-hydrogen) atoms. The molecule has 0 atom stereocenters. The van der Waals surface area contributed by atoms with Gasteiger partial charge in [-0.25, -0.2) is 0 Å². The van der Waals surface area contributed by atoms with Crippen molar-refractivity contribution in [2.45, 2.75) is 26.7 Å². The molecule has 0 aromatic heterocycles. The number of hydrogen-bond donors (Lipinski definition) is 0. The predicted molar refractivity (Wildman–Crippen MR) is 39.5 cm³/mol. The Kier molecular flexibility index (Phi) is 12.0. The largest absolute Gasteiger partial charge is 2.00 e. The Labute approximate surface area is 88.9 Å². The van der Waals surface area contributed by atoms with Crippen LogP contribution < -0.4 is 0 Å². The van der Waals surface area contributed by atoms with E-state index in [-0.39, 0.29) is 46.6 Å². The van der Waals surface area contributed by atoms with E-state index in [1.165, 1.54) is 6.92 Å². The number of rotatable bonds is 3. The molecule has 0 N–H and O–H groups in total. The SMILES string of the molecule is CCCCOC(C)=O.[Ca+2].[H-].[H-]. The van der Waals surface area contributed by atoms with E-state index in [0.717, 1.165) is 12.8 Å².